The molecule has 0 saturated heterocycles. The van der Waals surface area contributed by atoms with Crippen LogP contribution in [-0.2, 0) is 13.0 Å². The normalized spacial score (nSPS) is 10.7. The summed E-state index contributed by atoms with van der Waals surface area (Å²) in [6.07, 6.45) is 5.01. The summed E-state index contributed by atoms with van der Waals surface area (Å²) in [5.41, 5.74) is 2.66. The maximum atomic E-state index is 4.28. The molecule has 0 aliphatic rings. The fourth-order valence-corrected chi connectivity index (χ4v) is 2.14. The van der Waals surface area contributed by atoms with Gasteiger partial charge >= 0.3 is 0 Å². The number of halogens is 1. The number of likely N-dealkylation sites (N-methyl/N-ethyl adjacent to an activating group) is 1. The highest BCUT2D eigenvalue weighted by Crippen LogP contribution is 2.08. The van der Waals surface area contributed by atoms with E-state index >= 15 is 0 Å². The highest BCUT2D eigenvalue weighted by atomic mass is 127. The third-order valence-electron chi connectivity index (χ3n) is 2.63. The number of nitrogens with one attached hydrogen (secondary N) is 1. The first-order chi connectivity index (χ1) is 8.28. The Morgan fingerprint density at radius 1 is 1.24 bits per heavy atom. The van der Waals surface area contributed by atoms with Crippen LogP contribution in [0.2, 0.25) is 0 Å². The second-order valence-electron chi connectivity index (χ2n) is 4.03. The number of rotatable bonds is 5. The van der Waals surface area contributed by atoms with Gasteiger partial charge in [0.1, 0.15) is 0 Å². The Kier molecular flexibility index (Phi) is 4.56. The SMILES string of the molecule is CNCCc1ccc(Cn2cc(I)cn2)cc1. The van der Waals surface area contributed by atoms with E-state index in [1.807, 2.05) is 17.9 Å². The van der Waals surface area contributed by atoms with Crippen molar-refractivity contribution in [2.75, 3.05) is 13.6 Å². The van der Waals surface area contributed by atoms with Crippen LogP contribution < -0.4 is 5.32 Å². The number of benzene rings is 1. The molecule has 0 aliphatic carbocycles. The van der Waals surface area contributed by atoms with Crippen LogP contribution in [0.1, 0.15) is 11.1 Å². The Morgan fingerprint density at radius 3 is 2.53 bits per heavy atom. The molecule has 0 fully saturated rings. The first kappa shape index (κ1) is 12.6. The summed E-state index contributed by atoms with van der Waals surface area (Å²) in [7, 11) is 1.98. The highest BCUT2D eigenvalue weighted by molar-refractivity contribution is 14.1. The number of hydrogen-bond donors (Lipinski definition) is 1. The van der Waals surface area contributed by atoms with Crippen LogP contribution >= 0.6 is 22.6 Å². The molecule has 1 N–H and O–H groups in total. The van der Waals surface area contributed by atoms with E-state index in [2.05, 4.69) is 63.5 Å². The molecule has 3 nitrogen and oxygen atoms in total. The summed E-state index contributed by atoms with van der Waals surface area (Å²) in [5, 5.41) is 7.44. The van der Waals surface area contributed by atoms with Gasteiger partial charge in [-0.3, -0.25) is 4.68 Å². The van der Waals surface area contributed by atoms with Crippen molar-refractivity contribution in [3.05, 3.63) is 51.4 Å². The summed E-state index contributed by atoms with van der Waals surface area (Å²) >= 11 is 2.27. The lowest BCUT2D eigenvalue weighted by atomic mass is 10.1. The molecule has 1 aromatic carbocycles. The minimum atomic E-state index is 0.843. The highest BCUT2D eigenvalue weighted by Gasteiger charge is 1.98. The summed E-state index contributed by atoms with van der Waals surface area (Å²) in [5.74, 6) is 0. The minimum Gasteiger partial charge on any atom is -0.319 e. The quantitative estimate of drug-likeness (QED) is 0.846. The minimum absolute atomic E-state index is 0.843. The molecular weight excluding hydrogens is 325 g/mol. The van der Waals surface area contributed by atoms with Gasteiger partial charge in [0.25, 0.3) is 0 Å². The average Bonchev–Trinajstić information content (AvgIpc) is 2.74. The van der Waals surface area contributed by atoms with E-state index in [1.54, 1.807) is 0 Å². The molecule has 1 aromatic heterocycles. The standard InChI is InChI=1S/C13H16IN3/c1-15-7-6-11-2-4-12(5-3-11)9-17-10-13(14)8-16-17/h2-5,8,10,15H,6-7,9H2,1H3. The van der Waals surface area contributed by atoms with Gasteiger partial charge in [-0.1, -0.05) is 24.3 Å². The van der Waals surface area contributed by atoms with Crippen molar-refractivity contribution in [3.8, 4) is 0 Å². The number of aromatic nitrogens is 2. The lowest BCUT2D eigenvalue weighted by molar-refractivity contribution is 0.686. The van der Waals surface area contributed by atoms with E-state index < -0.39 is 0 Å². The Morgan fingerprint density at radius 2 is 1.94 bits per heavy atom. The Balaban J connectivity index is 1.98. The zero-order chi connectivity index (χ0) is 12.1. The molecule has 0 spiro atoms. The summed E-state index contributed by atoms with van der Waals surface area (Å²) in [4.78, 5) is 0. The van der Waals surface area contributed by atoms with E-state index in [1.165, 1.54) is 14.7 Å². The molecule has 0 atom stereocenters. The Labute approximate surface area is 115 Å². The lowest BCUT2D eigenvalue weighted by Crippen LogP contribution is -2.10. The van der Waals surface area contributed by atoms with Gasteiger partial charge in [-0.25, -0.2) is 0 Å². The predicted octanol–water partition coefficient (Wildman–Crippen LogP) is 2.30. The van der Waals surface area contributed by atoms with Crippen molar-refractivity contribution in [2.45, 2.75) is 13.0 Å². The van der Waals surface area contributed by atoms with Gasteiger partial charge < -0.3 is 5.32 Å². The maximum absolute atomic E-state index is 4.28. The second kappa shape index (κ2) is 6.16. The number of nitrogens with zero attached hydrogens (tertiary/aromatic N) is 2. The molecule has 0 radical (unpaired) electrons. The van der Waals surface area contributed by atoms with Crippen LogP contribution in [0.4, 0.5) is 0 Å². The Bertz CT molecular complexity index is 462. The fraction of sp³-hybridized carbons (Fsp3) is 0.308. The van der Waals surface area contributed by atoms with Gasteiger partial charge in [-0.2, -0.15) is 5.10 Å². The lowest BCUT2D eigenvalue weighted by Gasteiger charge is -2.04. The molecule has 2 aromatic rings. The monoisotopic (exact) mass is 341 g/mol. The third-order valence-corrected chi connectivity index (χ3v) is 3.19. The first-order valence-corrected chi connectivity index (χ1v) is 6.76. The van der Waals surface area contributed by atoms with Gasteiger partial charge in [-0.05, 0) is 53.7 Å². The molecule has 1 heterocycles. The molecule has 0 unspecified atom stereocenters. The zero-order valence-electron chi connectivity index (χ0n) is 9.86. The molecule has 0 bridgehead atoms. The molecule has 17 heavy (non-hydrogen) atoms. The number of hydrogen-bond acceptors (Lipinski definition) is 2. The van der Waals surface area contributed by atoms with E-state index in [0.717, 1.165) is 19.5 Å². The van der Waals surface area contributed by atoms with Crippen molar-refractivity contribution in [1.29, 1.82) is 0 Å². The molecule has 0 aliphatic heterocycles. The maximum Gasteiger partial charge on any atom is 0.0659 e. The summed E-state index contributed by atoms with van der Waals surface area (Å²) in [6.45, 7) is 1.87. The molecule has 4 heteroatoms. The van der Waals surface area contributed by atoms with E-state index in [-0.39, 0.29) is 0 Å². The molecular formula is C13H16IN3. The molecule has 2 rings (SSSR count). The zero-order valence-corrected chi connectivity index (χ0v) is 12.0. The van der Waals surface area contributed by atoms with Crippen LogP contribution in [-0.4, -0.2) is 23.4 Å². The van der Waals surface area contributed by atoms with Gasteiger partial charge in [0.15, 0.2) is 0 Å². The van der Waals surface area contributed by atoms with Crippen LogP contribution in [0.5, 0.6) is 0 Å². The summed E-state index contributed by atoms with van der Waals surface area (Å²) < 4.78 is 3.14. The second-order valence-corrected chi connectivity index (χ2v) is 5.27. The Hall–Kier alpha value is -0.880. The van der Waals surface area contributed by atoms with Gasteiger partial charge in [0.2, 0.25) is 0 Å². The smallest absolute Gasteiger partial charge is 0.0659 e. The molecule has 90 valence electrons. The van der Waals surface area contributed by atoms with Crippen molar-refractivity contribution in [3.63, 3.8) is 0 Å². The van der Waals surface area contributed by atoms with Gasteiger partial charge in [0.05, 0.1) is 16.3 Å². The van der Waals surface area contributed by atoms with Crippen molar-refractivity contribution in [2.24, 2.45) is 0 Å². The average molecular weight is 341 g/mol. The first-order valence-electron chi connectivity index (χ1n) is 5.68. The topological polar surface area (TPSA) is 29.9 Å². The van der Waals surface area contributed by atoms with Gasteiger partial charge in [0, 0.05) is 6.20 Å². The summed E-state index contributed by atoms with van der Waals surface area (Å²) in [6, 6.07) is 8.75. The van der Waals surface area contributed by atoms with Crippen molar-refractivity contribution < 1.29 is 0 Å². The van der Waals surface area contributed by atoms with Crippen LogP contribution in [0.3, 0.4) is 0 Å². The molecule has 0 saturated carbocycles. The van der Waals surface area contributed by atoms with Crippen LogP contribution in [0.25, 0.3) is 0 Å². The van der Waals surface area contributed by atoms with Crippen LogP contribution in [0, 0.1) is 3.57 Å². The van der Waals surface area contributed by atoms with Crippen LogP contribution in [0.15, 0.2) is 36.7 Å². The van der Waals surface area contributed by atoms with E-state index in [9.17, 15) is 0 Å². The van der Waals surface area contributed by atoms with E-state index in [4.69, 9.17) is 0 Å². The largest absolute Gasteiger partial charge is 0.319 e. The third kappa shape index (κ3) is 3.81. The van der Waals surface area contributed by atoms with Gasteiger partial charge in [-0.15, -0.1) is 0 Å². The molecule has 0 amide bonds. The van der Waals surface area contributed by atoms with Crippen molar-refractivity contribution >= 4 is 22.6 Å². The van der Waals surface area contributed by atoms with E-state index in [0.29, 0.717) is 0 Å². The van der Waals surface area contributed by atoms with Crippen molar-refractivity contribution in [1.82, 2.24) is 15.1 Å². The predicted molar refractivity (Wildman–Crippen MR) is 78.1 cm³/mol. The fourth-order valence-electron chi connectivity index (χ4n) is 1.69.